The highest BCUT2D eigenvalue weighted by atomic mass is 35.5. The van der Waals surface area contributed by atoms with Crippen LogP contribution in [0.25, 0.3) is 0 Å². The first-order chi connectivity index (χ1) is 18.9. The minimum atomic E-state index is -0.671. The molecule has 1 aromatic rings. The fourth-order valence-corrected chi connectivity index (χ4v) is 7.42. The van der Waals surface area contributed by atoms with Gasteiger partial charge in [-0.25, -0.2) is 0 Å². The number of nitrogens with zero attached hydrogens (tertiary/aromatic N) is 3. The lowest BCUT2D eigenvalue weighted by Crippen LogP contribution is -2.54. The topological polar surface area (TPSA) is 64.1 Å². The van der Waals surface area contributed by atoms with Gasteiger partial charge in [0.05, 0.1) is 24.1 Å². The van der Waals surface area contributed by atoms with Gasteiger partial charge in [-0.2, -0.15) is 0 Å². The van der Waals surface area contributed by atoms with Crippen LogP contribution < -0.4 is 0 Å². The first-order valence-corrected chi connectivity index (χ1v) is 16.1. The SMILES string of the molecule is CC(O)C1C[C@H](N(C(=O)C(C)(C)C)C2CCC(C)(C)CC2)CN1C(=O)C1CN(C(C)(C)C)C[C@H]1c1ccc(Cl)cc1. The molecule has 1 aliphatic carbocycles. The third-order valence-electron chi connectivity index (χ3n) is 10.0. The second-order valence-corrected chi connectivity index (χ2v) is 16.3. The highest BCUT2D eigenvalue weighted by Gasteiger charge is 2.50. The fraction of sp³-hybridized carbons (Fsp3) is 0.765. The van der Waals surface area contributed by atoms with E-state index in [9.17, 15) is 14.7 Å². The molecule has 4 rings (SSSR count). The van der Waals surface area contributed by atoms with Crippen LogP contribution in [0.2, 0.25) is 5.02 Å². The number of rotatable bonds is 5. The van der Waals surface area contributed by atoms with Crippen LogP contribution in [0.3, 0.4) is 0 Å². The molecule has 7 heteroatoms. The van der Waals surface area contributed by atoms with E-state index in [-0.39, 0.29) is 47.3 Å². The minimum Gasteiger partial charge on any atom is -0.391 e. The Morgan fingerprint density at radius 3 is 2.07 bits per heavy atom. The molecule has 5 atom stereocenters. The Balaban J connectivity index is 1.64. The van der Waals surface area contributed by atoms with Crippen molar-refractivity contribution in [2.45, 2.75) is 130 Å². The number of hydrogen-bond donors (Lipinski definition) is 1. The molecule has 1 N–H and O–H groups in total. The number of aliphatic hydroxyl groups is 1. The number of benzene rings is 1. The van der Waals surface area contributed by atoms with E-state index in [4.69, 9.17) is 11.6 Å². The summed E-state index contributed by atoms with van der Waals surface area (Å²) in [5.74, 6) is 0.0703. The summed E-state index contributed by atoms with van der Waals surface area (Å²) >= 11 is 6.21. The maximum atomic E-state index is 14.5. The van der Waals surface area contributed by atoms with Gasteiger partial charge in [-0.15, -0.1) is 0 Å². The molecule has 1 aromatic carbocycles. The van der Waals surface area contributed by atoms with E-state index in [1.54, 1.807) is 6.92 Å². The normalized spacial score (nSPS) is 28.6. The Hall–Kier alpha value is -1.63. The van der Waals surface area contributed by atoms with Crippen molar-refractivity contribution in [1.82, 2.24) is 14.7 Å². The number of carbonyl (C=O) groups is 2. The first kappa shape index (κ1) is 32.3. The first-order valence-electron chi connectivity index (χ1n) is 15.7. The van der Waals surface area contributed by atoms with E-state index in [1.165, 1.54) is 0 Å². The monoisotopic (exact) mass is 587 g/mol. The molecule has 3 unspecified atom stereocenters. The summed E-state index contributed by atoms with van der Waals surface area (Å²) in [7, 11) is 0. The Morgan fingerprint density at radius 1 is 0.976 bits per heavy atom. The molecule has 2 aliphatic heterocycles. The van der Waals surface area contributed by atoms with Crippen LogP contribution >= 0.6 is 11.6 Å². The lowest BCUT2D eigenvalue weighted by molar-refractivity contribution is -0.147. The minimum absolute atomic E-state index is 0.0422. The quantitative estimate of drug-likeness (QED) is 0.436. The molecular formula is C34H54ClN3O3. The molecule has 3 fully saturated rings. The van der Waals surface area contributed by atoms with Crippen LogP contribution in [-0.2, 0) is 9.59 Å². The molecule has 0 aromatic heterocycles. The van der Waals surface area contributed by atoms with Crippen molar-refractivity contribution in [1.29, 1.82) is 0 Å². The fourth-order valence-electron chi connectivity index (χ4n) is 7.30. The van der Waals surface area contributed by atoms with Crippen LogP contribution in [0.4, 0.5) is 0 Å². The van der Waals surface area contributed by atoms with Gasteiger partial charge in [-0.05, 0) is 82.9 Å². The molecule has 41 heavy (non-hydrogen) atoms. The van der Waals surface area contributed by atoms with Gasteiger partial charge in [0.15, 0.2) is 0 Å². The molecule has 2 amide bonds. The number of hydrogen-bond acceptors (Lipinski definition) is 4. The van der Waals surface area contributed by atoms with Crippen LogP contribution in [0.15, 0.2) is 24.3 Å². The lowest BCUT2D eigenvalue weighted by atomic mass is 9.74. The second-order valence-electron chi connectivity index (χ2n) is 15.9. The number of carbonyl (C=O) groups excluding carboxylic acids is 2. The number of aliphatic hydroxyl groups excluding tert-OH is 1. The van der Waals surface area contributed by atoms with Gasteiger partial charge in [0.25, 0.3) is 0 Å². The van der Waals surface area contributed by atoms with Crippen molar-refractivity contribution < 1.29 is 14.7 Å². The van der Waals surface area contributed by atoms with E-state index in [0.29, 0.717) is 29.9 Å². The van der Waals surface area contributed by atoms with Crippen molar-refractivity contribution in [3.05, 3.63) is 34.9 Å². The Labute approximate surface area is 253 Å². The molecule has 230 valence electrons. The standard InChI is InChI=1S/C34H54ClN3O3/c1-22(39)29-18-26(38(31(41)32(2,3)4)25-14-16-34(8,9)17-15-25)19-37(29)30(40)28-21-36(33(5,6)7)20-27(28)23-10-12-24(35)13-11-23/h10-13,22,25-29,39H,14-21H2,1-9H3/t22?,26-,27-,28?,29?/m0/s1. The molecule has 1 saturated carbocycles. The molecule has 6 nitrogen and oxygen atoms in total. The summed E-state index contributed by atoms with van der Waals surface area (Å²) in [5.41, 5.74) is 0.841. The highest BCUT2D eigenvalue weighted by molar-refractivity contribution is 6.30. The zero-order valence-electron chi connectivity index (χ0n) is 26.9. The van der Waals surface area contributed by atoms with Crippen molar-refractivity contribution in [2.75, 3.05) is 19.6 Å². The smallest absolute Gasteiger partial charge is 0.228 e. The van der Waals surface area contributed by atoms with E-state index in [1.807, 2.05) is 49.9 Å². The maximum Gasteiger partial charge on any atom is 0.228 e. The van der Waals surface area contributed by atoms with Crippen molar-refractivity contribution in [2.24, 2.45) is 16.7 Å². The van der Waals surface area contributed by atoms with Gasteiger partial charge in [0.2, 0.25) is 11.8 Å². The molecule has 0 spiro atoms. The van der Waals surface area contributed by atoms with Crippen LogP contribution in [0, 0.1) is 16.7 Å². The predicted molar refractivity (Wildman–Crippen MR) is 167 cm³/mol. The summed E-state index contributed by atoms with van der Waals surface area (Å²) in [6, 6.07) is 7.69. The second kappa shape index (κ2) is 11.8. The van der Waals surface area contributed by atoms with E-state index in [2.05, 4.69) is 44.4 Å². The van der Waals surface area contributed by atoms with E-state index < -0.39 is 11.5 Å². The Morgan fingerprint density at radius 2 is 1.56 bits per heavy atom. The molecule has 3 aliphatic rings. The number of likely N-dealkylation sites (tertiary alicyclic amines) is 2. The van der Waals surface area contributed by atoms with Gasteiger partial charge in [-0.3, -0.25) is 14.5 Å². The summed E-state index contributed by atoms with van der Waals surface area (Å²) in [6.45, 7) is 21.0. The van der Waals surface area contributed by atoms with Crippen LogP contribution in [0.1, 0.15) is 106 Å². The van der Waals surface area contributed by atoms with Gasteiger partial charge in [0.1, 0.15) is 0 Å². The maximum absolute atomic E-state index is 14.5. The molecule has 2 heterocycles. The van der Waals surface area contributed by atoms with Crippen molar-refractivity contribution in [3.8, 4) is 0 Å². The average Bonchev–Trinajstić information content (AvgIpc) is 3.50. The van der Waals surface area contributed by atoms with Crippen molar-refractivity contribution in [3.63, 3.8) is 0 Å². The third-order valence-corrected chi connectivity index (χ3v) is 10.3. The van der Waals surface area contributed by atoms with Gasteiger partial charge < -0.3 is 14.9 Å². The summed E-state index contributed by atoms with van der Waals surface area (Å²) in [6.07, 6.45) is 4.10. The van der Waals surface area contributed by atoms with E-state index >= 15 is 0 Å². The predicted octanol–water partition coefficient (Wildman–Crippen LogP) is 6.35. The summed E-state index contributed by atoms with van der Waals surface area (Å²) in [4.78, 5) is 35.0. The summed E-state index contributed by atoms with van der Waals surface area (Å²) in [5, 5.41) is 11.7. The molecule has 0 radical (unpaired) electrons. The van der Waals surface area contributed by atoms with Crippen molar-refractivity contribution >= 4 is 23.4 Å². The van der Waals surface area contributed by atoms with E-state index in [0.717, 1.165) is 37.8 Å². The zero-order chi connectivity index (χ0) is 30.5. The molecule has 2 saturated heterocycles. The van der Waals surface area contributed by atoms with Gasteiger partial charge in [0, 0.05) is 47.6 Å². The third kappa shape index (κ3) is 7.13. The highest BCUT2D eigenvalue weighted by Crippen LogP contribution is 2.42. The lowest BCUT2D eigenvalue weighted by Gasteiger charge is -2.45. The average molecular weight is 588 g/mol. The molecular weight excluding hydrogens is 534 g/mol. The molecule has 0 bridgehead atoms. The largest absolute Gasteiger partial charge is 0.391 e. The van der Waals surface area contributed by atoms with Crippen LogP contribution in [-0.4, -0.2) is 81.0 Å². The number of amides is 2. The Kier molecular flexibility index (Phi) is 9.30. The van der Waals surface area contributed by atoms with Gasteiger partial charge in [-0.1, -0.05) is 58.4 Å². The van der Waals surface area contributed by atoms with Crippen LogP contribution in [0.5, 0.6) is 0 Å². The summed E-state index contributed by atoms with van der Waals surface area (Å²) < 4.78 is 0. The van der Waals surface area contributed by atoms with Gasteiger partial charge >= 0.3 is 0 Å². The number of halogens is 1. The zero-order valence-corrected chi connectivity index (χ0v) is 27.7. The Bertz CT molecular complexity index is 1080.